The third-order valence-electron chi connectivity index (χ3n) is 2.69. The molecule has 6 nitrogen and oxygen atoms in total. The van der Waals surface area contributed by atoms with Gasteiger partial charge >= 0.3 is 0 Å². The molecule has 0 radical (unpaired) electrons. The van der Waals surface area contributed by atoms with Gasteiger partial charge in [-0.05, 0) is 37.1 Å². The van der Waals surface area contributed by atoms with Crippen LogP contribution >= 0.6 is 0 Å². The van der Waals surface area contributed by atoms with E-state index in [1.165, 1.54) is 24.3 Å². The number of carboxylic acid groups (broad SMARTS) is 2. The molecule has 1 rings (SSSR count). The van der Waals surface area contributed by atoms with Crippen molar-refractivity contribution in [3.8, 4) is 0 Å². The van der Waals surface area contributed by atoms with Crippen molar-refractivity contribution in [3.63, 3.8) is 0 Å². The van der Waals surface area contributed by atoms with Crippen LogP contribution in [0.1, 0.15) is 29.6 Å². The van der Waals surface area contributed by atoms with Crippen LogP contribution in [0.3, 0.4) is 0 Å². The van der Waals surface area contributed by atoms with E-state index in [1.54, 1.807) is 0 Å². The molecule has 0 spiro atoms. The minimum absolute atomic E-state index is 0.189. The van der Waals surface area contributed by atoms with Gasteiger partial charge < -0.3 is 25.5 Å². The Labute approximate surface area is 109 Å². The Balaban J connectivity index is 2.68. The highest BCUT2D eigenvalue weighted by molar-refractivity contribution is 5.98. The van der Waals surface area contributed by atoms with Gasteiger partial charge in [0.05, 0.1) is 0 Å². The summed E-state index contributed by atoms with van der Waals surface area (Å²) in [4.78, 5) is 33.0. The Morgan fingerprint density at radius 3 is 2.16 bits per heavy atom. The standard InChI is InChI=1S/C13H15NO5/c14-10-4-1-8(2-5-10)11(15)7-9(13(18)19)3-6-12(16)17/h1-2,4-5,9H,3,6-7,14H2,(H,16,17)(H,18,19)/p-2. The summed E-state index contributed by atoms with van der Waals surface area (Å²) in [6.07, 6.45) is -0.918. The highest BCUT2D eigenvalue weighted by Crippen LogP contribution is 2.16. The van der Waals surface area contributed by atoms with E-state index in [0.717, 1.165) is 0 Å². The molecule has 0 saturated heterocycles. The quantitative estimate of drug-likeness (QED) is 0.483. The molecule has 1 unspecified atom stereocenters. The Morgan fingerprint density at radius 1 is 1.11 bits per heavy atom. The SMILES string of the molecule is Nc1ccc(C(=O)CC(CCC(=O)[O-])C(=O)[O-])cc1. The number of aliphatic carboxylic acids is 2. The number of benzene rings is 1. The van der Waals surface area contributed by atoms with Crippen molar-refractivity contribution >= 4 is 23.4 Å². The van der Waals surface area contributed by atoms with Crippen molar-refractivity contribution in [3.05, 3.63) is 29.8 Å². The van der Waals surface area contributed by atoms with Gasteiger partial charge in [-0.1, -0.05) is 0 Å². The molecule has 102 valence electrons. The van der Waals surface area contributed by atoms with Gasteiger partial charge in [-0.15, -0.1) is 0 Å². The Morgan fingerprint density at radius 2 is 1.68 bits per heavy atom. The van der Waals surface area contributed by atoms with Crippen LogP contribution < -0.4 is 15.9 Å². The van der Waals surface area contributed by atoms with Gasteiger partial charge in [0.15, 0.2) is 5.78 Å². The fraction of sp³-hybridized carbons (Fsp3) is 0.308. The third-order valence-corrected chi connectivity index (χ3v) is 2.69. The van der Waals surface area contributed by atoms with Gasteiger partial charge in [-0.3, -0.25) is 4.79 Å². The summed E-state index contributed by atoms with van der Waals surface area (Å²) >= 11 is 0. The van der Waals surface area contributed by atoms with Gasteiger partial charge in [0.2, 0.25) is 0 Å². The van der Waals surface area contributed by atoms with E-state index in [0.29, 0.717) is 11.3 Å². The molecule has 2 N–H and O–H groups in total. The number of anilines is 1. The third kappa shape index (κ3) is 4.79. The van der Waals surface area contributed by atoms with E-state index in [1.807, 2.05) is 0 Å². The van der Waals surface area contributed by atoms with E-state index in [2.05, 4.69) is 0 Å². The number of carboxylic acids is 2. The normalized spacial score (nSPS) is 11.8. The van der Waals surface area contributed by atoms with Crippen LogP contribution in [0.25, 0.3) is 0 Å². The summed E-state index contributed by atoms with van der Waals surface area (Å²) in [5, 5.41) is 21.1. The maximum absolute atomic E-state index is 11.8. The predicted octanol–water partition coefficient (Wildman–Crippen LogP) is -1.26. The van der Waals surface area contributed by atoms with Crippen molar-refractivity contribution in [1.29, 1.82) is 0 Å². The lowest BCUT2D eigenvalue weighted by atomic mass is 9.94. The van der Waals surface area contributed by atoms with Gasteiger partial charge in [0.25, 0.3) is 0 Å². The number of Topliss-reactive ketones (excluding diaryl/α,β-unsaturated/α-hetero) is 1. The molecule has 6 heteroatoms. The first kappa shape index (κ1) is 14.7. The molecule has 0 fully saturated rings. The van der Waals surface area contributed by atoms with E-state index in [-0.39, 0.29) is 12.8 Å². The van der Waals surface area contributed by atoms with Gasteiger partial charge in [-0.2, -0.15) is 0 Å². The number of rotatable bonds is 7. The van der Waals surface area contributed by atoms with E-state index in [9.17, 15) is 24.6 Å². The molecule has 0 heterocycles. The van der Waals surface area contributed by atoms with Crippen LogP contribution in [0, 0.1) is 5.92 Å². The fourth-order valence-electron chi connectivity index (χ4n) is 1.61. The second kappa shape index (κ2) is 6.53. The predicted molar refractivity (Wildman–Crippen MR) is 62.5 cm³/mol. The summed E-state index contributed by atoms with van der Waals surface area (Å²) in [5.74, 6) is -4.33. The molecule has 19 heavy (non-hydrogen) atoms. The molecule has 0 saturated carbocycles. The van der Waals surface area contributed by atoms with E-state index < -0.39 is 30.1 Å². The molecule has 0 bridgehead atoms. The molecular formula is C13H13NO5-2. The largest absolute Gasteiger partial charge is 0.550 e. The highest BCUT2D eigenvalue weighted by atomic mass is 16.4. The zero-order valence-corrected chi connectivity index (χ0v) is 10.1. The monoisotopic (exact) mass is 263 g/mol. The number of nitrogens with two attached hydrogens (primary N) is 1. The van der Waals surface area contributed by atoms with Crippen LogP contribution in [0.15, 0.2) is 24.3 Å². The van der Waals surface area contributed by atoms with Crippen LogP contribution in [-0.2, 0) is 9.59 Å². The molecule has 0 aromatic heterocycles. The zero-order valence-electron chi connectivity index (χ0n) is 10.1. The zero-order chi connectivity index (χ0) is 14.4. The minimum atomic E-state index is -1.44. The van der Waals surface area contributed by atoms with Crippen molar-refractivity contribution < 1.29 is 24.6 Å². The van der Waals surface area contributed by atoms with Crippen LogP contribution in [0.4, 0.5) is 5.69 Å². The lowest BCUT2D eigenvalue weighted by molar-refractivity contribution is -0.312. The summed E-state index contributed by atoms with van der Waals surface area (Å²) in [6.45, 7) is 0. The Kier molecular flexibility index (Phi) is 5.05. The average Bonchev–Trinajstić information content (AvgIpc) is 2.34. The van der Waals surface area contributed by atoms with Crippen molar-refractivity contribution in [2.75, 3.05) is 5.73 Å². The highest BCUT2D eigenvalue weighted by Gasteiger charge is 2.16. The van der Waals surface area contributed by atoms with Crippen molar-refractivity contribution in [2.24, 2.45) is 5.92 Å². The number of carbonyl (C=O) groups is 3. The smallest absolute Gasteiger partial charge is 0.163 e. The van der Waals surface area contributed by atoms with E-state index in [4.69, 9.17) is 5.73 Å². The summed E-state index contributed by atoms with van der Waals surface area (Å²) in [6, 6.07) is 6.04. The first-order valence-corrected chi connectivity index (χ1v) is 5.69. The number of carbonyl (C=O) groups excluding carboxylic acids is 3. The molecule has 1 aromatic rings. The maximum Gasteiger partial charge on any atom is 0.163 e. The second-order valence-electron chi connectivity index (χ2n) is 4.18. The van der Waals surface area contributed by atoms with Crippen LogP contribution in [0.2, 0.25) is 0 Å². The molecule has 1 aromatic carbocycles. The lowest BCUT2D eigenvalue weighted by Crippen LogP contribution is -2.34. The summed E-state index contributed by atoms with van der Waals surface area (Å²) in [5.41, 5.74) is 6.29. The molecule has 0 aliphatic rings. The first-order valence-electron chi connectivity index (χ1n) is 5.69. The average molecular weight is 263 g/mol. The Bertz CT molecular complexity index is 480. The van der Waals surface area contributed by atoms with Gasteiger partial charge in [0.1, 0.15) is 0 Å². The fourth-order valence-corrected chi connectivity index (χ4v) is 1.61. The molecular weight excluding hydrogens is 250 g/mol. The van der Waals surface area contributed by atoms with Crippen molar-refractivity contribution in [1.82, 2.24) is 0 Å². The lowest BCUT2D eigenvalue weighted by Gasteiger charge is -2.17. The number of hydrogen-bond acceptors (Lipinski definition) is 6. The number of hydrogen-bond donors (Lipinski definition) is 1. The first-order chi connectivity index (χ1) is 8.90. The van der Waals surface area contributed by atoms with Crippen molar-refractivity contribution in [2.45, 2.75) is 19.3 Å². The van der Waals surface area contributed by atoms with E-state index >= 15 is 0 Å². The maximum atomic E-state index is 11.8. The molecule has 0 aliphatic heterocycles. The molecule has 0 aliphatic carbocycles. The minimum Gasteiger partial charge on any atom is -0.550 e. The topological polar surface area (TPSA) is 123 Å². The summed E-state index contributed by atoms with van der Waals surface area (Å²) in [7, 11) is 0. The number of ketones is 1. The summed E-state index contributed by atoms with van der Waals surface area (Å²) < 4.78 is 0. The van der Waals surface area contributed by atoms with Gasteiger partial charge in [0, 0.05) is 35.5 Å². The van der Waals surface area contributed by atoms with Crippen LogP contribution in [0.5, 0.6) is 0 Å². The molecule has 0 amide bonds. The number of nitrogen functional groups attached to an aromatic ring is 1. The van der Waals surface area contributed by atoms with Crippen LogP contribution in [-0.4, -0.2) is 17.7 Å². The Hall–Kier alpha value is -2.37. The molecule has 1 atom stereocenters. The van der Waals surface area contributed by atoms with Gasteiger partial charge in [-0.25, -0.2) is 0 Å². The second-order valence-corrected chi connectivity index (χ2v) is 4.18.